The summed E-state index contributed by atoms with van der Waals surface area (Å²) >= 11 is 1.65. The molecule has 1 saturated heterocycles. The van der Waals surface area contributed by atoms with Crippen LogP contribution in [0.5, 0.6) is 0 Å². The molecule has 4 rings (SSSR count). The van der Waals surface area contributed by atoms with Crippen LogP contribution >= 0.6 is 11.8 Å². The number of aryl methyl sites for hydroxylation is 2. The Morgan fingerprint density at radius 3 is 2.90 bits per heavy atom. The predicted octanol–water partition coefficient (Wildman–Crippen LogP) is 2.88. The molecule has 1 unspecified atom stereocenters. The van der Waals surface area contributed by atoms with Gasteiger partial charge in [0.05, 0.1) is 18.4 Å². The third-order valence-corrected chi connectivity index (χ3v) is 6.46. The van der Waals surface area contributed by atoms with Crippen LogP contribution in [0.4, 0.5) is 4.79 Å². The monoisotopic (exact) mass is 415 g/mol. The lowest BCUT2D eigenvalue weighted by molar-refractivity contribution is 0.116. The van der Waals surface area contributed by atoms with Crippen molar-refractivity contribution >= 4 is 29.0 Å². The van der Waals surface area contributed by atoms with Crippen LogP contribution in [0.2, 0.25) is 0 Å². The van der Waals surface area contributed by atoms with Crippen LogP contribution in [0.1, 0.15) is 26.0 Å². The SMILES string of the molecule is CCOC(=O)N1CCC(Sc2ncnc3c2nc(-c2cnn(CC)c2C)n3C)C1. The van der Waals surface area contributed by atoms with Crippen LogP contribution in [0.25, 0.3) is 22.6 Å². The highest BCUT2D eigenvalue weighted by molar-refractivity contribution is 8.00. The maximum atomic E-state index is 12.0. The van der Waals surface area contributed by atoms with Crippen molar-refractivity contribution in [3.63, 3.8) is 0 Å². The molecule has 0 spiro atoms. The minimum Gasteiger partial charge on any atom is -0.450 e. The van der Waals surface area contributed by atoms with Crippen LogP contribution in [0.15, 0.2) is 17.6 Å². The van der Waals surface area contributed by atoms with Gasteiger partial charge >= 0.3 is 6.09 Å². The van der Waals surface area contributed by atoms with Gasteiger partial charge in [-0.25, -0.2) is 19.7 Å². The van der Waals surface area contributed by atoms with Crippen molar-refractivity contribution in [2.45, 2.75) is 44.0 Å². The fourth-order valence-corrected chi connectivity index (χ4v) is 4.80. The third kappa shape index (κ3) is 3.57. The average Bonchev–Trinajstić information content (AvgIpc) is 3.41. The standard InChI is InChI=1S/C19H25N7O2S/c1-5-26-12(3)14(9-22-26)16-23-15-17(24(16)4)20-11-21-18(15)29-13-7-8-25(10-13)19(27)28-6-2/h9,11,13H,5-8,10H2,1-4H3. The number of ether oxygens (including phenoxy) is 1. The zero-order valence-corrected chi connectivity index (χ0v) is 17.9. The van der Waals surface area contributed by atoms with Gasteiger partial charge in [0.15, 0.2) is 5.65 Å². The number of hydrogen-bond acceptors (Lipinski definition) is 7. The first-order valence-corrected chi connectivity index (χ1v) is 10.7. The van der Waals surface area contributed by atoms with Gasteiger partial charge in [-0.3, -0.25) is 4.68 Å². The number of rotatable bonds is 5. The second-order valence-corrected chi connectivity index (χ2v) is 8.27. The highest BCUT2D eigenvalue weighted by Crippen LogP contribution is 2.34. The van der Waals surface area contributed by atoms with E-state index >= 15 is 0 Å². The first-order valence-electron chi connectivity index (χ1n) is 9.82. The lowest BCUT2D eigenvalue weighted by Crippen LogP contribution is -2.29. The Bertz CT molecular complexity index is 1040. The van der Waals surface area contributed by atoms with Gasteiger partial charge in [0.2, 0.25) is 0 Å². The molecule has 3 aromatic rings. The average molecular weight is 416 g/mol. The van der Waals surface area contributed by atoms with E-state index in [1.54, 1.807) is 23.0 Å². The molecule has 4 heterocycles. The van der Waals surface area contributed by atoms with Gasteiger partial charge in [0.25, 0.3) is 0 Å². The Hall–Kier alpha value is -2.62. The van der Waals surface area contributed by atoms with Gasteiger partial charge in [-0.05, 0) is 27.2 Å². The first-order chi connectivity index (χ1) is 14.0. The van der Waals surface area contributed by atoms with E-state index in [9.17, 15) is 4.79 Å². The Morgan fingerprint density at radius 2 is 2.17 bits per heavy atom. The number of amides is 1. The Morgan fingerprint density at radius 1 is 1.34 bits per heavy atom. The topological polar surface area (TPSA) is 91.0 Å². The van der Waals surface area contributed by atoms with Gasteiger partial charge in [-0.15, -0.1) is 0 Å². The minimum atomic E-state index is -0.244. The molecule has 0 aromatic carbocycles. The molecule has 0 bridgehead atoms. The molecule has 1 aliphatic heterocycles. The van der Waals surface area contributed by atoms with E-state index in [-0.39, 0.29) is 11.3 Å². The van der Waals surface area contributed by atoms with Crippen molar-refractivity contribution < 1.29 is 9.53 Å². The number of fused-ring (bicyclic) bond motifs is 1. The molecule has 0 saturated carbocycles. The van der Waals surface area contributed by atoms with E-state index in [1.807, 2.05) is 29.4 Å². The molecule has 29 heavy (non-hydrogen) atoms. The zero-order chi connectivity index (χ0) is 20.5. The summed E-state index contributed by atoms with van der Waals surface area (Å²) in [7, 11) is 1.97. The van der Waals surface area contributed by atoms with Crippen LogP contribution in [-0.2, 0) is 18.3 Å². The highest BCUT2D eigenvalue weighted by atomic mass is 32.2. The Labute approximate surface area is 173 Å². The lowest BCUT2D eigenvalue weighted by atomic mass is 10.2. The molecule has 0 radical (unpaired) electrons. The van der Waals surface area contributed by atoms with Crippen molar-refractivity contribution in [1.29, 1.82) is 0 Å². The smallest absolute Gasteiger partial charge is 0.409 e. The lowest BCUT2D eigenvalue weighted by Gasteiger charge is -2.15. The highest BCUT2D eigenvalue weighted by Gasteiger charge is 2.29. The van der Waals surface area contributed by atoms with Gasteiger partial charge in [-0.1, -0.05) is 11.8 Å². The molecule has 1 amide bonds. The van der Waals surface area contributed by atoms with Crippen molar-refractivity contribution in [2.75, 3.05) is 19.7 Å². The largest absolute Gasteiger partial charge is 0.450 e. The number of aromatic nitrogens is 6. The molecule has 1 aliphatic rings. The van der Waals surface area contributed by atoms with Crippen LogP contribution in [0.3, 0.4) is 0 Å². The second kappa shape index (κ2) is 8.02. The van der Waals surface area contributed by atoms with Crippen LogP contribution in [-0.4, -0.2) is 65.2 Å². The maximum absolute atomic E-state index is 12.0. The summed E-state index contributed by atoms with van der Waals surface area (Å²) in [6.07, 6.45) is 4.09. The predicted molar refractivity (Wildman–Crippen MR) is 111 cm³/mol. The van der Waals surface area contributed by atoms with E-state index < -0.39 is 0 Å². The summed E-state index contributed by atoms with van der Waals surface area (Å²) in [6, 6.07) is 0. The molecule has 10 heteroatoms. The van der Waals surface area contributed by atoms with Gasteiger partial charge in [0, 0.05) is 37.6 Å². The van der Waals surface area contributed by atoms with E-state index in [0.717, 1.165) is 46.2 Å². The van der Waals surface area contributed by atoms with E-state index in [2.05, 4.69) is 28.9 Å². The minimum absolute atomic E-state index is 0.244. The quantitative estimate of drug-likeness (QED) is 0.592. The summed E-state index contributed by atoms with van der Waals surface area (Å²) in [6.45, 7) is 8.50. The van der Waals surface area contributed by atoms with Gasteiger partial charge in [-0.2, -0.15) is 5.10 Å². The first kappa shape index (κ1) is 19.7. The zero-order valence-electron chi connectivity index (χ0n) is 17.1. The Kier molecular flexibility index (Phi) is 5.44. The van der Waals surface area contributed by atoms with Gasteiger partial charge in [0.1, 0.15) is 22.7 Å². The molecule has 3 aromatic heterocycles. The number of hydrogen-bond donors (Lipinski definition) is 0. The number of nitrogens with zero attached hydrogens (tertiary/aromatic N) is 7. The van der Waals surface area contributed by atoms with Crippen LogP contribution < -0.4 is 0 Å². The fourth-order valence-electron chi connectivity index (χ4n) is 3.65. The molecule has 9 nitrogen and oxygen atoms in total. The van der Waals surface area contributed by atoms with Crippen molar-refractivity contribution in [2.24, 2.45) is 7.05 Å². The molecule has 1 fully saturated rings. The van der Waals surface area contributed by atoms with E-state index in [1.165, 1.54) is 0 Å². The summed E-state index contributed by atoms with van der Waals surface area (Å²) in [4.78, 5) is 27.5. The molecule has 0 N–H and O–H groups in total. The van der Waals surface area contributed by atoms with Crippen molar-refractivity contribution in [1.82, 2.24) is 34.2 Å². The summed E-state index contributed by atoms with van der Waals surface area (Å²) < 4.78 is 9.06. The van der Waals surface area contributed by atoms with Crippen LogP contribution in [0, 0.1) is 6.92 Å². The molecule has 1 atom stereocenters. The summed E-state index contributed by atoms with van der Waals surface area (Å²) in [5.74, 6) is 0.833. The molecule has 0 aliphatic carbocycles. The maximum Gasteiger partial charge on any atom is 0.409 e. The number of carbonyl (C=O) groups excluding carboxylic acids is 1. The number of imidazole rings is 1. The Balaban J connectivity index is 1.62. The number of thioether (sulfide) groups is 1. The summed E-state index contributed by atoms with van der Waals surface area (Å²) in [5.41, 5.74) is 3.65. The molecular weight excluding hydrogens is 390 g/mol. The number of carbonyl (C=O) groups is 1. The fraction of sp³-hybridized carbons (Fsp3) is 0.526. The third-order valence-electron chi connectivity index (χ3n) is 5.22. The summed E-state index contributed by atoms with van der Waals surface area (Å²) in [5, 5.41) is 5.54. The second-order valence-electron chi connectivity index (χ2n) is 6.98. The molecular formula is C19H25N7O2S. The van der Waals surface area contributed by atoms with E-state index in [4.69, 9.17) is 9.72 Å². The van der Waals surface area contributed by atoms with Crippen molar-refractivity contribution in [3.8, 4) is 11.4 Å². The van der Waals surface area contributed by atoms with E-state index in [0.29, 0.717) is 19.7 Å². The van der Waals surface area contributed by atoms with Crippen molar-refractivity contribution in [3.05, 3.63) is 18.2 Å². The number of likely N-dealkylation sites (tertiary alicyclic amines) is 1. The molecule has 154 valence electrons. The van der Waals surface area contributed by atoms with Gasteiger partial charge < -0.3 is 14.2 Å². The normalized spacial score (nSPS) is 16.7.